The van der Waals surface area contributed by atoms with Crippen LogP contribution in [0.2, 0.25) is 0 Å². The van der Waals surface area contributed by atoms with E-state index in [-0.39, 0.29) is 11.0 Å². The van der Waals surface area contributed by atoms with Crippen molar-refractivity contribution >= 4 is 28.4 Å². The molecule has 8 nitrogen and oxygen atoms in total. The Morgan fingerprint density at radius 3 is 2.77 bits per heavy atom. The molecule has 3 aromatic heterocycles. The molecule has 35 heavy (non-hydrogen) atoms. The summed E-state index contributed by atoms with van der Waals surface area (Å²) in [5.41, 5.74) is 4.62. The standard InChI is InChI=1S/C27H31N7O/c1-6-14-33-25(35)20-17-28-26(29-19-12-13-21-18(16-19)9-8-15-32(21)5)31-24(20)34(33)23-11-7-10-22(30-23)27(2,3)4/h6-7,10-13,16-17H,1,8-9,14-15H2,2-5H3,(H,28,29,31). The third-order valence-corrected chi connectivity index (χ3v) is 6.38. The molecule has 0 saturated carbocycles. The third-order valence-electron chi connectivity index (χ3n) is 6.38. The number of pyridine rings is 1. The predicted molar refractivity (Wildman–Crippen MR) is 141 cm³/mol. The number of nitrogens with zero attached hydrogens (tertiary/aromatic N) is 6. The highest BCUT2D eigenvalue weighted by Gasteiger charge is 2.21. The van der Waals surface area contributed by atoms with E-state index >= 15 is 0 Å². The van der Waals surface area contributed by atoms with Gasteiger partial charge < -0.3 is 10.2 Å². The van der Waals surface area contributed by atoms with Gasteiger partial charge in [0.2, 0.25) is 5.95 Å². The molecule has 180 valence electrons. The van der Waals surface area contributed by atoms with E-state index in [0.29, 0.717) is 29.3 Å². The van der Waals surface area contributed by atoms with E-state index in [2.05, 4.69) is 61.7 Å². The summed E-state index contributed by atoms with van der Waals surface area (Å²) >= 11 is 0. The Morgan fingerprint density at radius 2 is 2.00 bits per heavy atom. The van der Waals surface area contributed by atoms with Crippen molar-refractivity contribution in [2.75, 3.05) is 23.8 Å². The van der Waals surface area contributed by atoms with E-state index in [1.54, 1.807) is 21.6 Å². The fourth-order valence-electron chi connectivity index (χ4n) is 4.56. The number of hydrogen-bond donors (Lipinski definition) is 1. The van der Waals surface area contributed by atoms with Crippen molar-refractivity contribution < 1.29 is 0 Å². The fraction of sp³-hybridized carbons (Fsp3) is 0.333. The summed E-state index contributed by atoms with van der Waals surface area (Å²) in [6.45, 7) is 11.6. The van der Waals surface area contributed by atoms with Crippen LogP contribution in [0, 0.1) is 0 Å². The second-order valence-electron chi connectivity index (χ2n) is 10.0. The maximum Gasteiger partial charge on any atom is 0.278 e. The molecule has 0 amide bonds. The van der Waals surface area contributed by atoms with Crippen molar-refractivity contribution in [3.8, 4) is 5.82 Å². The molecule has 1 aliphatic rings. The highest BCUT2D eigenvalue weighted by atomic mass is 16.1. The molecule has 0 atom stereocenters. The highest BCUT2D eigenvalue weighted by Crippen LogP contribution is 2.29. The number of aryl methyl sites for hydroxylation is 1. The lowest BCUT2D eigenvalue weighted by atomic mass is 9.92. The van der Waals surface area contributed by atoms with E-state index in [9.17, 15) is 4.79 Å². The van der Waals surface area contributed by atoms with Gasteiger partial charge in [0.25, 0.3) is 5.56 Å². The van der Waals surface area contributed by atoms with Gasteiger partial charge in [-0.1, -0.05) is 32.9 Å². The molecule has 0 spiro atoms. The first-order valence-electron chi connectivity index (χ1n) is 11.9. The van der Waals surface area contributed by atoms with Gasteiger partial charge in [0.1, 0.15) is 5.39 Å². The first-order chi connectivity index (χ1) is 16.8. The van der Waals surface area contributed by atoms with Crippen LogP contribution in [0.15, 0.2) is 60.0 Å². The van der Waals surface area contributed by atoms with Crippen LogP contribution in [0.4, 0.5) is 17.3 Å². The average Bonchev–Trinajstić information content (AvgIpc) is 3.10. The Morgan fingerprint density at radius 1 is 1.17 bits per heavy atom. The van der Waals surface area contributed by atoms with Gasteiger partial charge in [-0.05, 0) is 48.7 Å². The number of allylic oxidation sites excluding steroid dienone is 1. The van der Waals surface area contributed by atoms with Gasteiger partial charge in [-0.25, -0.2) is 19.3 Å². The fourth-order valence-corrected chi connectivity index (χ4v) is 4.56. The van der Waals surface area contributed by atoms with E-state index < -0.39 is 0 Å². The summed E-state index contributed by atoms with van der Waals surface area (Å²) in [5.74, 6) is 1.06. The maximum absolute atomic E-state index is 13.2. The van der Waals surface area contributed by atoms with E-state index in [4.69, 9.17) is 9.97 Å². The second kappa shape index (κ2) is 8.69. The van der Waals surface area contributed by atoms with Crippen molar-refractivity contribution in [3.63, 3.8) is 0 Å². The summed E-state index contributed by atoms with van der Waals surface area (Å²) in [4.78, 5) is 29.6. The molecule has 8 heteroatoms. The van der Waals surface area contributed by atoms with Gasteiger partial charge in [-0.15, -0.1) is 6.58 Å². The van der Waals surface area contributed by atoms with E-state index in [1.165, 1.54) is 11.3 Å². The van der Waals surface area contributed by atoms with Crippen molar-refractivity contribution in [3.05, 3.63) is 76.9 Å². The zero-order valence-electron chi connectivity index (χ0n) is 20.7. The van der Waals surface area contributed by atoms with Crippen LogP contribution in [0.25, 0.3) is 16.9 Å². The monoisotopic (exact) mass is 469 g/mol. The number of rotatable bonds is 5. The van der Waals surface area contributed by atoms with Crippen LogP contribution >= 0.6 is 0 Å². The number of hydrogen-bond acceptors (Lipinski definition) is 6. The molecule has 4 heterocycles. The normalized spacial score (nSPS) is 13.7. The van der Waals surface area contributed by atoms with Gasteiger partial charge >= 0.3 is 0 Å². The molecular weight excluding hydrogens is 438 g/mol. The van der Waals surface area contributed by atoms with Gasteiger partial charge in [0.05, 0.1) is 6.54 Å². The van der Waals surface area contributed by atoms with Gasteiger partial charge in [-0.2, -0.15) is 4.98 Å². The quantitative estimate of drug-likeness (QED) is 0.431. The molecular formula is C27H31N7O. The van der Waals surface area contributed by atoms with Crippen molar-refractivity contribution in [1.29, 1.82) is 0 Å². The third kappa shape index (κ3) is 4.20. The topological polar surface area (TPSA) is 80.9 Å². The summed E-state index contributed by atoms with van der Waals surface area (Å²) in [6, 6.07) is 12.2. The molecule has 0 bridgehead atoms. The molecule has 1 N–H and O–H groups in total. The Kier molecular flexibility index (Phi) is 5.67. The number of fused-ring (bicyclic) bond motifs is 2. The molecule has 0 aliphatic carbocycles. The Balaban J connectivity index is 1.61. The lowest BCUT2D eigenvalue weighted by molar-refractivity contribution is 0.554. The van der Waals surface area contributed by atoms with Crippen LogP contribution < -0.4 is 15.8 Å². The first kappa shape index (κ1) is 22.8. The minimum absolute atomic E-state index is 0.134. The molecule has 0 saturated heterocycles. The van der Waals surface area contributed by atoms with Gasteiger partial charge in [0.15, 0.2) is 11.5 Å². The predicted octanol–water partition coefficient (Wildman–Crippen LogP) is 4.59. The first-order valence-corrected chi connectivity index (χ1v) is 11.9. The van der Waals surface area contributed by atoms with Crippen molar-refractivity contribution in [2.45, 2.75) is 45.6 Å². The lowest BCUT2D eigenvalue weighted by Crippen LogP contribution is -2.24. The Labute approximate surface area is 204 Å². The SMILES string of the molecule is C=CCn1c(=O)c2cnc(Nc3ccc4c(c3)CCCN4C)nc2n1-c1cccc(C(C)(C)C)n1. The van der Waals surface area contributed by atoms with Crippen LogP contribution in [-0.4, -0.2) is 37.9 Å². The molecule has 4 aromatic rings. The Hall–Kier alpha value is -3.94. The minimum Gasteiger partial charge on any atom is -0.374 e. The molecule has 5 rings (SSSR count). The molecule has 0 fully saturated rings. The number of benzene rings is 1. The van der Waals surface area contributed by atoms with E-state index in [0.717, 1.165) is 30.8 Å². The maximum atomic E-state index is 13.2. The van der Waals surface area contributed by atoms with Gasteiger partial charge in [0, 0.05) is 42.3 Å². The molecule has 0 radical (unpaired) electrons. The summed E-state index contributed by atoms with van der Waals surface area (Å²) in [6.07, 6.45) is 5.47. The number of nitrogens with one attached hydrogen (secondary N) is 1. The summed E-state index contributed by atoms with van der Waals surface area (Å²) < 4.78 is 3.36. The lowest BCUT2D eigenvalue weighted by Gasteiger charge is -2.27. The zero-order chi connectivity index (χ0) is 24.7. The Bertz CT molecular complexity index is 1480. The largest absolute Gasteiger partial charge is 0.374 e. The van der Waals surface area contributed by atoms with Crippen LogP contribution in [0.1, 0.15) is 38.4 Å². The smallest absolute Gasteiger partial charge is 0.278 e. The molecule has 1 aromatic carbocycles. The average molecular weight is 470 g/mol. The van der Waals surface area contributed by atoms with Crippen LogP contribution in [0.3, 0.4) is 0 Å². The van der Waals surface area contributed by atoms with Crippen molar-refractivity contribution in [1.82, 2.24) is 24.3 Å². The van der Waals surface area contributed by atoms with E-state index in [1.807, 2.05) is 24.3 Å². The molecule has 0 unspecified atom stereocenters. The number of anilines is 3. The van der Waals surface area contributed by atoms with Crippen LogP contribution in [-0.2, 0) is 18.4 Å². The summed E-state index contributed by atoms with van der Waals surface area (Å²) in [5, 5.41) is 3.77. The minimum atomic E-state index is -0.175. The number of aromatic nitrogens is 5. The van der Waals surface area contributed by atoms with Crippen molar-refractivity contribution in [2.24, 2.45) is 0 Å². The summed E-state index contributed by atoms with van der Waals surface area (Å²) in [7, 11) is 2.12. The van der Waals surface area contributed by atoms with Crippen LogP contribution in [0.5, 0.6) is 0 Å². The molecule has 1 aliphatic heterocycles. The van der Waals surface area contributed by atoms with Gasteiger partial charge in [-0.3, -0.25) is 4.79 Å². The second-order valence-corrected chi connectivity index (χ2v) is 10.0. The zero-order valence-corrected chi connectivity index (χ0v) is 20.7. The highest BCUT2D eigenvalue weighted by molar-refractivity contribution is 5.77.